The summed E-state index contributed by atoms with van der Waals surface area (Å²) in [6.45, 7) is 12.2. The van der Waals surface area contributed by atoms with Crippen LogP contribution in [0.1, 0.15) is 196 Å². The van der Waals surface area contributed by atoms with Gasteiger partial charge in [0.05, 0.1) is 25.2 Å². The van der Waals surface area contributed by atoms with E-state index in [0.717, 1.165) is 35.5 Å². The number of amides is 12. The number of likely N-dealkylation sites (N-methyl/N-ethyl adjacent to an activating group) is 6. The Balaban J connectivity index is 1.23. The molecule has 8 aliphatic rings. The lowest BCUT2D eigenvalue weighted by atomic mass is 9.58. The van der Waals surface area contributed by atoms with E-state index in [-0.39, 0.29) is 95.9 Å². The molecule has 0 aromatic carbocycles. The van der Waals surface area contributed by atoms with Crippen molar-refractivity contribution in [2.45, 2.75) is 287 Å². The lowest BCUT2D eigenvalue weighted by molar-refractivity contribution is -0.219. The predicted octanol–water partition coefficient (Wildman–Crippen LogP) is 6.36. The summed E-state index contributed by atoms with van der Waals surface area (Å²) in [5.41, 5.74) is -2.29. The van der Waals surface area contributed by atoms with Crippen molar-refractivity contribution in [1.82, 2.24) is 60.0 Å². The normalized spacial score (nSPS) is 33.5. The van der Waals surface area contributed by atoms with Crippen molar-refractivity contribution in [3.05, 3.63) is 12.2 Å². The third-order valence-electron chi connectivity index (χ3n) is 24.9. The first-order chi connectivity index (χ1) is 51.7. The van der Waals surface area contributed by atoms with Crippen LogP contribution in [0.25, 0.3) is 0 Å². The number of carbonyl (C=O) groups excluding carboxylic acids is 12. The van der Waals surface area contributed by atoms with Crippen LogP contribution in [0.15, 0.2) is 12.2 Å². The van der Waals surface area contributed by atoms with Crippen molar-refractivity contribution < 1.29 is 89.0 Å². The molecule has 3 saturated heterocycles. The second-order valence-corrected chi connectivity index (χ2v) is 34.5. The Kier molecular flexibility index (Phi) is 30.4. The van der Waals surface area contributed by atoms with Crippen molar-refractivity contribution in [2.75, 3.05) is 89.2 Å². The van der Waals surface area contributed by atoms with Gasteiger partial charge >= 0.3 is 6.18 Å². The van der Waals surface area contributed by atoms with Crippen LogP contribution in [0.2, 0.25) is 0 Å². The fraction of sp³-hybridized carbons (Fsp3) is 0.823. The Bertz CT molecular complexity index is 3310. The van der Waals surface area contributed by atoms with Crippen LogP contribution < -0.4 is 16.0 Å². The second-order valence-electron chi connectivity index (χ2n) is 34.5. The zero-order valence-corrected chi connectivity index (χ0v) is 67.6. The third kappa shape index (κ3) is 20.8. The van der Waals surface area contributed by atoms with Crippen LogP contribution in [0.5, 0.6) is 0 Å². The molecule has 13 atom stereocenters. The smallest absolute Gasteiger partial charge is 0.380 e. The monoisotopic (exact) mass is 1560 g/mol. The van der Waals surface area contributed by atoms with E-state index in [9.17, 15) is 22.8 Å². The number of hydrogen-bond donors (Lipinski definition) is 3. The summed E-state index contributed by atoms with van der Waals surface area (Å²) in [4.78, 5) is 196. The van der Waals surface area contributed by atoms with E-state index in [1.165, 1.54) is 90.7 Å². The SMILES string of the molecule is CCC[C@H]1C(=O)N[C@@H](CC(C)C)C(=O)N2C[C@@H](OC)C[C@H]2C(=O)N(C)[C@H]2C/C=C\CCN(C2=O)[C@@H](CC2CCC(C)CC2)C(=O)N(C)CC(=O)N[C@@H](CCC2CC(F)C(C(F)(F)F)C(F)C2)C(=O)N2C[C@H](OCC)C[C@H]2C(=O)NC2(CC(C)(C)C2)C(=O)N(C)[C@@H](C2CCCC2)C(=O)N(C)[C@H](C(=O)N(C)C)CC(=O)N1C. The molecule has 2 unspecified atom stereocenters. The van der Waals surface area contributed by atoms with Crippen molar-refractivity contribution in [3.63, 3.8) is 0 Å². The van der Waals surface area contributed by atoms with Crippen LogP contribution in [-0.2, 0) is 67.0 Å². The highest BCUT2D eigenvalue weighted by Crippen LogP contribution is 2.50. The van der Waals surface area contributed by atoms with Gasteiger partial charge in [-0.15, -0.1) is 0 Å². The van der Waals surface area contributed by atoms with Crippen molar-refractivity contribution in [2.24, 2.45) is 40.9 Å². The van der Waals surface area contributed by atoms with E-state index in [4.69, 9.17) is 9.47 Å². The predicted molar refractivity (Wildman–Crippen MR) is 399 cm³/mol. The number of alkyl halides is 5. The maximum Gasteiger partial charge on any atom is 0.397 e. The maximum absolute atomic E-state index is 15.8. The average molecular weight is 1560 g/mol. The van der Waals surface area contributed by atoms with Crippen LogP contribution in [0.4, 0.5) is 22.0 Å². The second kappa shape index (κ2) is 37.7. The quantitative estimate of drug-likeness (QED) is 0.126. The first kappa shape index (κ1) is 88.5. The van der Waals surface area contributed by atoms with Gasteiger partial charge in [0.1, 0.15) is 78.2 Å². The zero-order chi connectivity index (χ0) is 81.3. The molecule has 0 aromatic heterocycles. The third-order valence-corrected chi connectivity index (χ3v) is 24.9. The molecule has 26 nitrogen and oxygen atoms in total. The van der Waals surface area contributed by atoms with E-state index < -0.39 is 217 Å². The summed E-state index contributed by atoms with van der Waals surface area (Å²) in [6, 6.07) is -12.0. The first-order valence-electron chi connectivity index (χ1n) is 40.2. The lowest BCUT2D eigenvalue weighted by Gasteiger charge is -2.54. The average Bonchev–Trinajstić information content (AvgIpc) is 0.898. The van der Waals surface area contributed by atoms with E-state index in [1.54, 1.807) is 13.0 Å². The Morgan fingerprint density at radius 3 is 1.85 bits per heavy atom. The molecule has 4 heterocycles. The molecule has 2 bridgehead atoms. The minimum atomic E-state index is -5.18. The van der Waals surface area contributed by atoms with Crippen LogP contribution in [-0.4, -0.2) is 295 Å². The molecular weight excluding hydrogens is 1440 g/mol. The highest BCUT2D eigenvalue weighted by atomic mass is 19.4. The molecule has 31 heteroatoms. The van der Waals surface area contributed by atoms with E-state index in [1.807, 2.05) is 40.7 Å². The number of nitrogens with zero attached hydrogens (tertiary/aromatic N) is 9. The number of fused-ring (bicyclic) bond motifs is 4. The molecule has 620 valence electrons. The summed E-state index contributed by atoms with van der Waals surface area (Å²) in [7, 11) is 11.4. The van der Waals surface area contributed by atoms with Crippen LogP contribution in [0, 0.1) is 40.9 Å². The van der Waals surface area contributed by atoms with E-state index in [2.05, 4.69) is 22.9 Å². The summed E-state index contributed by atoms with van der Waals surface area (Å²) in [5.74, 6) is -12.8. The van der Waals surface area contributed by atoms with Gasteiger partial charge in [0, 0.05) is 95.5 Å². The van der Waals surface area contributed by atoms with Gasteiger partial charge in [-0.1, -0.05) is 98.6 Å². The maximum atomic E-state index is 15.8. The van der Waals surface area contributed by atoms with Gasteiger partial charge in [-0.05, 0) is 125 Å². The molecule has 1 spiro atoms. The fourth-order valence-corrected chi connectivity index (χ4v) is 18.9. The standard InChI is InChI=1S/C79H125F5N12O14/c1-16-23-57-67(99)86-56(34-46(3)4)70(102)96-41-51(109-15)38-62(96)73(105)91(12)58-26-19-18-22-33-94(74(58)106)61(37-48-29-27-47(5)28-30-48)72(104)89(10)43-63(97)85-55(32-31-49-35-53(80)65(54(81)36-49)79(82,83)84)69(101)95-42-52(110-17-2)39-59(95)68(100)87-78(44-77(6,7)45-78)76(108)93(14)66(50-24-20-21-25-50)75(107)92(13)60(71(103)88(8)9)40-64(98)90(57)11/h18-19,46-62,65-66H,16-17,20-45H2,1-15H3,(H,85,97)(H,86,99)(H,87,100)/b19-18-/t47?,48?,49?,51-,52+,53?,54?,55-,56-,57-,58-,59-,60-,61-,62-,65?,66-/m0/s1. The molecule has 7 fully saturated rings. The highest BCUT2D eigenvalue weighted by Gasteiger charge is 2.60. The summed E-state index contributed by atoms with van der Waals surface area (Å²) in [6.07, 6.45) is -4.52. The molecule has 0 radical (unpaired) electrons. The fourth-order valence-electron chi connectivity index (χ4n) is 18.9. The number of ether oxygens (including phenoxy) is 2. The summed E-state index contributed by atoms with van der Waals surface area (Å²) >= 11 is 0. The number of hydrogen-bond acceptors (Lipinski definition) is 14. The molecular formula is C79H125F5N12O14. The van der Waals surface area contributed by atoms with Crippen molar-refractivity contribution in [1.29, 1.82) is 0 Å². The molecule has 110 heavy (non-hydrogen) atoms. The van der Waals surface area contributed by atoms with Crippen molar-refractivity contribution in [3.8, 4) is 0 Å². The topological polar surface area (TPSA) is 289 Å². The van der Waals surface area contributed by atoms with E-state index >= 15 is 56.7 Å². The Morgan fingerprint density at radius 1 is 0.655 bits per heavy atom. The van der Waals surface area contributed by atoms with Gasteiger partial charge in [-0.2, -0.15) is 13.2 Å². The first-order valence-corrected chi connectivity index (χ1v) is 40.2. The van der Waals surface area contributed by atoms with Crippen LogP contribution >= 0.6 is 0 Å². The van der Waals surface area contributed by atoms with Gasteiger partial charge in [-0.3, -0.25) is 57.5 Å². The van der Waals surface area contributed by atoms with E-state index in [0.29, 0.717) is 44.4 Å². The molecule has 0 aromatic rings. The van der Waals surface area contributed by atoms with Gasteiger partial charge in [0.2, 0.25) is 70.9 Å². The largest absolute Gasteiger partial charge is 0.397 e. The van der Waals surface area contributed by atoms with Gasteiger partial charge in [-0.25, -0.2) is 8.78 Å². The molecule has 4 aliphatic heterocycles. The number of nitrogens with one attached hydrogen (secondary N) is 3. The summed E-state index contributed by atoms with van der Waals surface area (Å²) < 4.78 is 85.2. The molecule has 8 rings (SSSR count). The molecule has 12 amide bonds. The van der Waals surface area contributed by atoms with Gasteiger partial charge < -0.3 is 69.5 Å². The molecule has 4 saturated carbocycles. The summed E-state index contributed by atoms with van der Waals surface area (Å²) in [5, 5.41) is 8.71. The van der Waals surface area contributed by atoms with Gasteiger partial charge in [0.15, 0.2) is 0 Å². The number of methoxy groups -OCH3 is 1. The number of halogens is 5. The Morgan fingerprint density at radius 2 is 1.26 bits per heavy atom. The Labute approximate surface area is 646 Å². The van der Waals surface area contributed by atoms with Crippen LogP contribution in [0.3, 0.4) is 0 Å². The van der Waals surface area contributed by atoms with Crippen molar-refractivity contribution >= 4 is 70.9 Å². The number of carbonyl (C=O) groups is 12. The zero-order valence-electron chi connectivity index (χ0n) is 67.6. The Hall–Kier alpha value is -7.05. The lowest BCUT2D eigenvalue weighted by Crippen LogP contribution is -2.71. The highest BCUT2D eigenvalue weighted by molar-refractivity contribution is 6.01. The minimum absolute atomic E-state index is 0.00220. The van der Waals surface area contributed by atoms with Gasteiger partial charge in [0.25, 0.3) is 0 Å². The molecule has 4 aliphatic carbocycles. The number of rotatable bonds is 14. The minimum Gasteiger partial charge on any atom is -0.380 e. The molecule has 3 N–H and O–H groups in total.